The van der Waals surface area contributed by atoms with Crippen molar-refractivity contribution in [2.75, 3.05) is 4.90 Å². The van der Waals surface area contributed by atoms with Crippen LogP contribution in [0.4, 0.5) is 16.4 Å². The average Bonchev–Trinajstić information content (AvgIpc) is 3.82. The van der Waals surface area contributed by atoms with Crippen LogP contribution in [0.15, 0.2) is 109 Å². The van der Waals surface area contributed by atoms with E-state index in [0.717, 1.165) is 0 Å². The summed E-state index contributed by atoms with van der Waals surface area (Å²) in [7, 11) is 0. The SMILES string of the molecule is Cc1cc2c(cc1N1c3sc4ccccc4c3B3c4c(cc5ccccc5c41)-c1cccc4c5c6ccccc6sc5n3c14)C(C)(C)CCC2(C)C. The van der Waals surface area contributed by atoms with Crippen LogP contribution < -0.4 is 15.8 Å². The van der Waals surface area contributed by atoms with Gasteiger partial charge in [0.25, 0.3) is 0 Å². The molecule has 3 aliphatic rings. The van der Waals surface area contributed by atoms with E-state index in [0.29, 0.717) is 0 Å². The fourth-order valence-electron chi connectivity index (χ4n) is 10.3. The van der Waals surface area contributed by atoms with E-state index in [2.05, 4.69) is 153 Å². The van der Waals surface area contributed by atoms with Crippen LogP contribution in [0.1, 0.15) is 57.2 Å². The first-order valence-corrected chi connectivity index (χ1v) is 20.3. The zero-order valence-corrected chi connectivity index (χ0v) is 31.7. The number of aromatic nitrogens is 1. The van der Waals surface area contributed by atoms with E-state index in [9.17, 15) is 0 Å². The van der Waals surface area contributed by atoms with Gasteiger partial charge in [-0.15, -0.1) is 22.7 Å². The topological polar surface area (TPSA) is 8.17 Å². The third-order valence-corrected chi connectivity index (χ3v) is 15.3. The number of nitrogens with zero attached hydrogens (tertiary/aromatic N) is 2. The molecule has 0 amide bonds. The normalized spacial score (nSPS) is 16.6. The van der Waals surface area contributed by atoms with Crippen LogP contribution >= 0.6 is 22.7 Å². The van der Waals surface area contributed by atoms with Crippen molar-refractivity contribution in [3.05, 3.63) is 126 Å². The monoisotopic (exact) mass is 704 g/mol. The molecular formula is C47H37BN2S2. The van der Waals surface area contributed by atoms with Gasteiger partial charge in [-0.25, -0.2) is 0 Å². The molecule has 0 N–H and O–H groups in total. The maximum absolute atomic E-state index is 2.76. The van der Waals surface area contributed by atoms with Crippen LogP contribution in [0.5, 0.6) is 0 Å². The molecule has 1 aliphatic carbocycles. The van der Waals surface area contributed by atoms with Crippen LogP contribution in [0, 0.1) is 6.92 Å². The minimum atomic E-state index is 0.0493. The Kier molecular flexibility index (Phi) is 5.58. The molecule has 3 aromatic heterocycles. The summed E-state index contributed by atoms with van der Waals surface area (Å²) in [6.45, 7) is 12.2. The Morgan fingerprint density at radius 2 is 1.27 bits per heavy atom. The maximum atomic E-state index is 2.76. The summed E-state index contributed by atoms with van der Waals surface area (Å²) < 4.78 is 5.46. The van der Waals surface area contributed by atoms with Crippen LogP contribution in [0.2, 0.25) is 0 Å². The van der Waals surface area contributed by atoms with Crippen molar-refractivity contribution >= 4 is 109 Å². The molecule has 0 bridgehead atoms. The molecule has 6 aromatic carbocycles. The molecule has 52 heavy (non-hydrogen) atoms. The van der Waals surface area contributed by atoms with E-state index < -0.39 is 0 Å². The van der Waals surface area contributed by atoms with Gasteiger partial charge in [0.2, 0.25) is 0 Å². The first-order valence-electron chi connectivity index (χ1n) is 18.7. The van der Waals surface area contributed by atoms with Gasteiger partial charge in [0.15, 0.2) is 0 Å². The van der Waals surface area contributed by atoms with Gasteiger partial charge in [-0.3, -0.25) is 0 Å². The van der Waals surface area contributed by atoms with E-state index >= 15 is 0 Å². The molecule has 250 valence electrons. The van der Waals surface area contributed by atoms with Crippen LogP contribution in [-0.2, 0) is 10.8 Å². The lowest BCUT2D eigenvalue weighted by molar-refractivity contribution is 0.332. The van der Waals surface area contributed by atoms with Gasteiger partial charge in [0, 0.05) is 42.0 Å². The van der Waals surface area contributed by atoms with Crippen molar-refractivity contribution in [1.82, 2.24) is 4.48 Å². The number of thiophene rings is 2. The third-order valence-electron chi connectivity index (χ3n) is 12.9. The number of fused-ring (bicyclic) bond motifs is 14. The number of anilines is 3. The van der Waals surface area contributed by atoms with Gasteiger partial charge in [-0.05, 0) is 98.8 Å². The highest BCUT2D eigenvalue weighted by molar-refractivity contribution is 7.27. The van der Waals surface area contributed by atoms with E-state index in [1.165, 1.54) is 120 Å². The number of para-hydroxylation sites is 1. The summed E-state index contributed by atoms with van der Waals surface area (Å²) in [5.74, 6) is 0. The van der Waals surface area contributed by atoms with Crippen molar-refractivity contribution in [2.45, 2.75) is 58.3 Å². The molecule has 0 saturated carbocycles. The third kappa shape index (κ3) is 3.57. The largest absolute Gasteiger partial charge is 0.367 e. The Balaban J connectivity index is 1.29. The highest BCUT2D eigenvalue weighted by atomic mass is 32.1. The number of aryl methyl sites for hydroxylation is 1. The molecule has 2 nitrogen and oxygen atoms in total. The fourth-order valence-corrected chi connectivity index (χ4v) is 12.8. The van der Waals surface area contributed by atoms with Gasteiger partial charge in [0.05, 0.1) is 21.2 Å². The van der Waals surface area contributed by atoms with Crippen molar-refractivity contribution in [3.63, 3.8) is 0 Å². The first kappa shape index (κ1) is 29.7. The predicted molar refractivity (Wildman–Crippen MR) is 228 cm³/mol. The summed E-state index contributed by atoms with van der Waals surface area (Å²) in [6.07, 6.45) is 2.41. The van der Waals surface area contributed by atoms with Crippen molar-refractivity contribution in [3.8, 4) is 11.1 Å². The van der Waals surface area contributed by atoms with E-state index in [1.807, 2.05) is 22.7 Å². The van der Waals surface area contributed by atoms with Crippen molar-refractivity contribution in [1.29, 1.82) is 0 Å². The lowest BCUT2D eigenvalue weighted by Crippen LogP contribution is -2.56. The molecule has 2 aliphatic heterocycles. The van der Waals surface area contributed by atoms with E-state index in [1.54, 1.807) is 0 Å². The molecule has 9 aromatic rings. The van der Waals surface area contributed by atoms with Gasteiger partial charge in [0.1, 0.15) is 0 Å². The summed E-state index contributed by atoms with van der Waals surface area (Å²) in [5, 5.41) is 9.47. The molecule has 12 rings (SSSR count). The molecule has 0 spiro atoms. The lowest BCUT2D eigenvalue weighted by atomic mass is 9.45. The molecule has 5 heteroatoms. The van der Waals surface area contributed by atoms with Gasteiger partial charge >= 0.3 is 6.85 Å². The smallest absolute Gasteiger partial charge is 0.335 e. The number of rotatable bonds is 1. The Hall–Kier alpha value is -4.84. The molecule has 0 atom stereocenters. The van der Waals surface area contributed by atoms with Crippen LogP contribution in [0.3, 0.4) is 0 Å². The standard InChI is InChI=1S/C47H37BN2S2/c1-26-23-34-35(47(4,5)22-21-46(34,2)3)25-36(26)49-43-28-14-7-6-13-27(28)24-33-29-17-12-18-32-39-30-15-8-10-19-37(30)51-44(39)50(42(29)32)48(40(33)43)41-31-16-9-11-20-38(31)52-45(41)49/h6-20,23-25H,21-22H2,1-5H3. The second kappa shape index (κ2) is 9.77. The number of hydrogen-bond donors (Lipinski definition) is 0. The zero-order valence-electron chi connectivity index (χ0n) is 30.1. The fraction of sp³-hybridized carbons (Fsp3) is 0.191. The molecule has 5 heterocycles. The summed E-state index contributed by atoms with van der Waals surface area (Å²) in [4.78, 5) is 4.09. The van der Waals surface area contributed by atoms with E-state index in [-0.39, 0.29) is 17.7 Å². The molecule has 0 radical (unpaired) electrons. The predicted octanol–water partition coefficient (Wildman–Crippen LogP) is 12.5. The quantitative estimate of drug-likeness (QED) is 0.154. The molecule has 0 saturated heterocycles. The van der Waals surface area contributed by atoms with Gasteiger partial charge in [-0.2, -0.15) is 0 Å². The average molecular weight is 705 g/mol. The first-order chi connectivity index (χ1) is 25.2. The number of hydrogen-bond acceptors (Lipinski definition) is 3. The Bertz CT molecular complexity index is 3060. The maximum Gasteiger partial charge on any atom is 0.335 e. The Morgan fingerprint density at radius 3 is 2.06 bits per heavy atom. The minimum Gasteiger partial charge on any atom is -0.367 e. The summed E-state index contributed by atoms with van der Waals surface area (Å²) in [6, 6.07) is 42.0. The molecular weight excluding hydrogens is 667 g/mol. The molecule has 0 fully saturated rings. The zero-order chi connectivity index (χ0) is 34.8. The second-order valence-electron chi connectivity index (χ2n) is 16.8. The number of benzene rings is 6. The van der Waals surface area contributed by atoms with Gasteiger partial charge < -0.3 is 9.38 Å². The summed E-state index contributed by atoms with van der Waals surface area (Å²) in [5.41, 5.74) is 14.3. The van der Waals surface area contributed by atoms with Crippen LogP contribution in [0.25, 0.3) is 63.2 Å². The van der Waals surface area contributed by atoms with E-state index in [4.69, 9.17) is 0 Å². The van der Waals surface area contributed by atoms with Crippen molar-refractivity contribution in [2.24, 2.45) is 0 Å². The van der Waals surface area contributed by atoms with Crippen molar-refractivity contribution < 1.29 is 0 Å². The van der Waals surface area contributed by atoms with Gasteiger partial charge in [-0.1, -0.05) is 113 Å². The Labute approximate surface area is 312 Å². The highest BCUT2D eigenvalue weighted by Crippen LogP contribution is 2.54. The molecule has 0 unspecified atom stereocenters. The minimum absolute atomic E-state index is 0.0493. The second-order valence-corrected chi connectivity index (χ2v) is 18.8. The highest BCUT2D eigenvalue weighted by Gasteiger charge is 2.47. The Morgan fingerprint density at radius 1 is 0.615 bits per heavy atom. The van der Waals surface area contributed by atoms with Crippen LogP contribution in [-0.4, -0.2) is 11.3 Å². The lowest BCUT2D eigenvalue weighted by Gasteiger charge is -2.44. The summed E-state index contributed by atoms with van der Waals surface area (Å²) >= 11 is 3.93.